The van der Waals surface area contributed by atoms with E-state index in [9.17, 15) is 0 Å². The maximum atomic E-state index is 2.34. The zero-order valence-electron chi connectivity index (χ0n) is 16.1. The van der Waals surface area contributed by atoms with Crippen LogP contribution in [0.15, 0.2) is 48.7 Å². The molecule has 0 bridgehead atoms. The van der Waals surface area contributed by atoms with Crippen molar-refractivity contribution in [3.05, 3.63) is 76.5 Å². The second-order valence-electron chi connectivity index (χ2n) is 7.99. The van der Waals surface area contributed by atoms with Crippen molar-refractivity contribution in [3.63, 3.8) is 0 Å². The molecule has 0 N–H and O–H groups in total. The summed E-state index contributed by atoms with van der Waals surface area (Å²) in [5.41, 5.74) is 12.4. The van der Waals surface area contributed by atoms with Gasteiger partial charge in [0.1, 0.15) is 7.05 Å². The van der Waals surface area contributed by atoms with Gasteiger partial charge in [0.15, 0.2) is 6.20 Å². The number of nitrogens with zero attached hydrogens (tertiary/aromatic N) is 1. The zero-order chi connectivity index (χ0) is 17.9. The van der Waals surface area contributed by atoms with Crippen LogP contribution in [0.5, 0.6) is 0 Å². The second kappa shape index (κ2) is 5.29. The van der Waals surface area contributed by atoms with Crippen molar-refractivity contribution in [2.75, 3.05) is 0 Å². The Kier molecular flexibility index (Phi) is 3.40. The van der Waals surface area contributed by atoms with Crippen LogP contribution in [-0.4, -0.2) is 0 Å². The van der Waals surface area contributed by atoms with Crippen LogP contribution in [0.1, 0.15) is 41.7 Å². The first-order valence-electron chi connectivity index (χ1n) is 9.03. The fraction of sp³-hybridized carbons (Fsp3) is 0.292. The minimum atomic E-state index is 0.0483. The van der Waals surface area contributed by atoms with Crippen molar-refractivity contribution < 1.29 is 4.57 Å². The molecule has 0 fully saturated rings. The summed E-state index contributed by atoms with van der Waals surface area (Å²) in [4.78, 5) is 0. The van der Waals surface area contributed by atoms with Gasteiger partial charge in [-0.05, 0) is 48.6 Å². The summed E-state index contributed by atoms with van der Waals surface area (Å²) in [6, 6.07) is 15.9. The van der Waals surface area contributed by atoms with Crippen LogP contribution in [0, 0.1) is 20.8 Å². The molecule has 1 heterocycles. The van der Waals surface area contributed by atoms with Gasteiger partial charge in [0, 0.05) is 22.6 Å². The molecule has 4 rings (SSSR count). The quantitative estimate of drug-likeness (QED) is 0.526. The molecule has 0 saturated heterocycles. The first-order valence-corrected chi connectivity index (χ1v) is 9.03. The van der Waals surface area contributed by atoms with Crippen LogP contribution < -0.4 is 4.57 Å². The maximum absolute atomic E-state index is 2.34. The largest absolute Gasteiger partial charge is 0.213 e. The summed E-state index contributed by atoms with van der Waals surface area (Å²) in [5, 5.41) is 0. The van der Waals surface area contributed by atoms with E-state index in [1.165, 1.54) is 50.2 Å². The molecule has 126 valence electrons. The summed E-state index contributed by atoms with van der Waals surface area (Å²) in [5.74, 6) is 0. The van der Waals surface area contributed by atoms with Gasteiger partial charge in [-0.3, -0.25) is 0 Å². The standard InChI is InChI=1S/C24H26N/c1-15-11-12-20-23(18-9-7-8-10-19(18)24(20,4)5)22(15)21-13-16(2)17(3)14-25(21)6/h7-14H,1-6H3/q+1. The highest BCUT2D eigenvalue weighted by Gasteiger charge is 2.38. The van der Waals surface area contributed by atoms with Gasteiger partial charge in [0.2, 0.25) is 5.69 Å². The lowest BCUT2D eigenvalue weighted by molar-refractivity contribution is -0.660. The molecule has 3 aromatic rings. The zero-order valence-corrected chi connectivity index (χ0v) is 16.1. The molecule has 2 aromatic carbocycles. The molecule has 25 heavy (non-hydrogen) atoms. The smallest absolute Gasteiger partial charge is 0.201 e. The van der Waals surface area contributed by atoms with E-state index in [0.29, 0.717) is 0 Å². The maximum Gasteiger partial charge on any atom is 0.213 e. The Bertz CT molecular complexity index is 1010. The Hall–Kier alpha value is -2.41. The molecule has 0 spiro atoms. The average molecular weight is 328 g/mol. The number of hydrogen-bond donors (Lipinski definition) is 0. The first-order chi connectivity index (χ1) is 11.8. The van der Waals surface area contributed by atoms with Crippen LogP contribution in [-0.2, 0) is 12.5 Å². The second-order valence-corrected chi connectivity index (χ2v) is 7.99. The molecular weight excluding hydrogens is 302 g/mol. The molecular formula is C24H26N+. The van der Waals surface area contributed by atoms with Crippen molar-refractivity contribution >= 4 is 0 Å². The van der Waals surface area contributed by atoms with E-state index < -0.39 is 0 Å². The molecule has 0 atom stereocenters. The average Bonchev–Trinajstić information content (AvgIpc) is 2.80. The topological polar surface area (TPSA) is 3.88 Å². The van der Waals surface area contributed by atoms with E-state index in [2.05, 4.69) is 94.9 Å². The van der Waals surface area contributed by atoms with Crippen molar-refractivity contribution in [2.45, 2.75) is 40.0 Å². The highest BCUT2D eigenvalue weighted by molar-refractivity contribution is 5.92. The molecule has 1 aromatic heterocycles. The number of rotatable bonds is 1. The van der Waals surface area contributed by atoms with Crippen LogP contribution in [0.3, 0.4) is 0 Å². The van der Waals surface area contributed by atoms with E-state index in [0.717, 1.165) is 0 Å². The van der Waals surface area contributed by atoms with Gasteiger partial charge >= 0.3 is 0 Å². The Morgan fingerprint density at radius 3 is 2.24 bits per heavy atom. The molecule has 1 nitrogen and oxygen atoms in total. The minimum absolute atomic E-state index is 0.0483. The minimum Gasteiger partial charge on any atom is -0.201 e. The Morgan fingerprint density at radius 2 is 1.48 bits per heavy atom. The Labute approximate surface area is 151 Å². The van der Waals surface area contributed by atoms with Crippen molar-refractivity contribution in [3.8, 4) is 22.4 Å². The van der Waals surface area contributed by atoms with Crippen LogP contribution in [0.4, 0.5) is 0 Å². The van der Waals surface area contributed by atoms with Crippen molar-refractivity contribution in [2.24, 2.45) is 7.05 Å². The van der Waals surface area contributed by atoms with Crippen LogP contribution >= 0.6 is 0 Å². The van der Waals surface area contributed by atoms with E-state index in [1.54, 1.807) is 0 Å². The van der Waals surface area contributed by atoms with Gasteiger partial charge in [-0.25, -0.2) is 4.57 Å². The monoisotopic (exact) mass is 328 g/mol. The van der Waals surface area contributed by atoms with Gasteiger partial charge in [-0.2, -0.15) is 0 Å². The lowest BCUT2D eigenvalue weighted by atomic mass is 9.81. The van der Waals surface area contributed by atoms with Gasteiger partial charge in [-0.1, -0.05) is 50.2 Å². The normalized spacial score (nSPS) is 14.3. The summed E-state index contributed by atoms with van der Waals surface area (Å²) in [6.07, 6.45) is 2.25. The third kappa shape index (κ3) is 2.18. The molecule has 0 radical (unpaired) electrons. The predicted molar refractivity (Wildman–Crippen MR) is 105 cm³/mol. The lowest BCUT2D eigenvalue weighted by Crippen LogP contribution is -2.32. The molecule has 1 aliphatic rings. The molecule has 1 aliphatic carbocycles. The van der Waals surface area contributed by atoms with Crippen molar-refractivity contribution in [1.82, 2.24) is 0 Å². The number of fused-ring (bicyclic) bond motifs is 3. The fourth-order valence-corrected chi connectivity index (χ4v) is 4.36. The van der Waals surface area contributed by atoms with E-state index in [1.807, 2.05) is 0 Å². The van der Waals surface area contributed by atoms with Gasteiger partial charge in [0.05, 0.1) is 5.56 Å². The summed E-state index contributed by atoms with van der Waals surface area (Å²) >= 11 is 0. The van der Waals surface area contributed by atoms with Gasteiger partial charge in [0.25, 0.3) is 0 Å². The first kappa shape index (κ1) is 16.1. The number of benzene rings is 2. The van der Waals surface area contributed by atoms with E-state index >= 15 is 0 Å². The van der Waals surface area contributed by atoms with Gasteiger partial charge < -0.3 is 0 Å². The lowest BCUT2D eigenvalue weighted by Gasteiger charge is -2.22. The molecule has 0 aliphatic heterocycles. The predicted octanol–water partition coefficient (Wildman–Crippen LogP) is 5.41. The molecule has 0 amide bonds. The third-order valence-electron chi connectivity index (χ3n) is 5.96. The van der Waals surface area contributed by atoms with Gasteiger partial charge in [-0.15, -0.1) is 0 Å². The number of hydrogen-bond acceptors (Lipinski definition) is 0. The third-order valence-corrected chi connectivity index (χ3v) is 5.96. The Morgan fingerprint density at radius 1 is 0.760 bits per heavy atom. The summed E-state index contributed by atoms with van der Waals surface area (Å²) in [6.45, 7) is 11.3. The Balaban J connectivity index is 2.13. The SMILES string of the molecule is Cc1cc(-c2c(C)ccc3c2-c2ccccc2C3(C)C)[n+](C)cc1C. The van der Waals surface area contributed by atoms with E-state index in [4.69, 9.17) is 0 Å². The van der Waals surface area contributed by atoms with Crippen LogP contribution in [0.2, 0.25) is 0 Å². The number of aryl methyl sites for hydroxylation is 4. The molecule has 0 unspecified atom stereocenters. The number of pyridine rings is 1. The fourth-order valence-electron chi connectivity index (χ4n) is 4.36. The van der Waals surface area contributed by atoms with Crippen LogP contribution in [0.25, 0.3) is 22.4 Å². The van der Waals surface area contributed by atoms with Crippen molar-refractivity contribution in [1.29, 1.82) is 0 Å². The molecule has 1 heteroatoms. The molecule has 0 saturated carbocycles. The highest BCUT2D eigenvalue weighted by atomic mass is 14.9. The highest BCUT2D eigenvalue weighted by Crippen LogP contribution is 2.52. The summed E-state index contributed by atoms with van der Waals surface area (Å²) < 4.78 is 2.28. The number of aromatic nitrogens is 1. The van der Waals surface area contributed by atoms with E-state index in [-0.39, 0.29) is 5.41 Å². The summed E-state index contributed by atoms with van der Waals surface area (Å²) in [7, 11) is 2.16.